The van der Waals surface area contributed by atoms with Crippen LogP contribution in [0.1, 0.15) is 132 Å². The van der Waals surface area contributed by atoms with E-state index in [1.54, 1.807) is 48.2 Å². The van der Waals surface area contributed by atoms with E-state index in [9.17, 15) is 34.5 Å². The first-order chi connectivity index (χ1) is 31.9. The van der Waals surface area contributed by atoms with Crippen molar-refractivity contribution in [1.29, 1.82) is 0 Å². The van der Waals surface area contributed by atoms with Crippen molar-refractivity contribution in [3.8, 4) is 0 Å². The molecule has 2 saturated heterocycles. The number of piperidine rings is 1. The van der Waals surface area contributed by atoms with Gasteiger partial charge in [-0.3, -0.25) is 14.4 Å². The van der Waals surface area contributed by atoms with Crippen LogP contribution in [0.3, 0.4) is 0 Å². The molecule has 0 unspecified atom stereocenters. The van der Waals surface area contributed by atoms with Gasteiger partial charge in [0.05, 0.1) is 43.7 Å². The number of nitrogens with zero attached hydrogens (tertiary/aromatic N) is 1. The van der Waals surface area contributed by atoms with Gasteiger partial charge in [-0.05, 0) is 119 Å². The summed E-state index contributed by atoms with van der Waals surface area (Å²) in [5, 5.41) is 32.8. The van der Waals surface area contributed by atoms with E-state index in [4.69, 9.17) is 28.4 Å². The Morgan fingerprint density at radius 3 is 2.25 bits per heavy atom. The molecule has 1 saturated carbocycles. The lowest BCUT2D eigenvalue weighted by molar-refractivity contribution is -0.265. The highest BCUT2D eigenvalue weighted by Gasteiger charge is 2.53. The minimum absolute atomic E-state index is 0.0816. The van der Waals surface area contributed by atoms with E-state index in [1.807, 2.05) is 38.2 Å². The summed E-state index contributed by atoms with van der Waals surface area (Å²) in [5.41, 5.74) is 1.53. The molecular weight excluding hydrogens is 859 g/mol. The van der Waals surface area contributed by atoms with Gasteiger partial charge in [0, 0.05) is 52.6 Å². The maximum atomic E-state index is 14.5. The molecule has 0 aromatic rings. The molecule has 1 amide bonds. The first-order valence-electron chi connectivity index (χ1n) is 25.0. The third-order valence-corrected chi connectivity index (χ3v) is 14.9. The van der Waals surface area contributed by atoms with E-state index in [-0.39, 0.29) is 80.4 Å². The summed E-state index contributed by atoms with van der Waals surface area (Å²) in [6, 6.07) is -1.11. The smallest absolute Gasteiger partial charge is 0.329 e. The number of aliphatic hydroxyl groups excluding tert-OH is 2. The van der Waals surface area contributed by atoms with Crippen molar-refractivity contribution in [1.82, 2.24) is 4.90 Å². The van der Waals surface area contributed by atoms with E-state index in [0.29, 0.717) is 56.9 Å². The highest BCUT2D eigenvalue weighted by Crippen LogP contribution is 2.38. The molecule has 67 heavy (non-hydrogen) atoms. The number of ketones is 2. The summed E-state index contributed by atoms with van der Waals surface area (Å²) >= 11 is 0. The van der Waals surface area contributed by atoms with Crippen LogP contribution in [-0.4, -0.2) is 139 Å². The van der Waals surface area contributed by atoms with Gasteiger partial charge in [-0.25, -0.2) is 4.79 Å². The van der Waals surface area contributed by atoms with Gasteiger partial charge in [0.2, 0.25) is 5.79 Å². The zero-order chi connectivity index (χ0) is 49.4. The van der Waals surface area contributed by atoms with Crippen molar-refractivity contribution in [2.24, 2.45) is 35.5 Å². The summed E-state index contributed by atoms with van der Waals surface area (Å²) in [4.78, 5) is 58.4. The number of aliphatic hydroxyl groups is 3. The van der Waals surface area contributed by atoms with Crippen LogP contribution < -0.4 is 0 Å². The number of hydrogen-bond donors (Lipinski definition) is 3. The van der Waals surface area contributed by atoms with Crippen molar-refractivity contribution in [2.45, 2.75) is 186 Å². The molecule has 380 valence electrons. The number of hydrogen-bond acceptors (Lipinski definition) is 13. The zero-order valence-corrected chi connectivity index (χ0v) is 42.2. The highest BCUT2D eigenvalue weighted by atomic mass is 16.6. The minimum atomic E-state index is -2.41. The predicted molar refractivity (Wildman–Crippen MR) is 256 cm³/mol. The number of carbonyl (C=O) groups is 4. The average molecular weight is 944 g/mol. The number of amides is 1. The number of esters is 1. The minimum Gasteiger partial charge on any atom is -0.460 e. The van der Waals surface area contributed by atoms with Gasteiger partial charge in [-0.15, -0.1) is 0 Å². The fraction of sp³-hybridized carbons (Fsp3) is 0.774. The third kappa shape index (κ3) is 16.0. The van der Waals surface area contributed by atoms with Gasteiger partial charge in [-0.1, -0.05) is 71.1 Å². The number of fused-ring (bicyclic) bond motifs is 3. The maximum absolute atomic E-state index is 14.5. The first kappa shape index (κ1) is 56.5. The van der Waals surface area contributed by atoms with Gasteiger partial charge in [0.15, 0.2) is 0 Å². The Bertz CT molecular complexity index is 1730. The average Bonchev–Trinajstić information content (AvgIpc) is 3.31. The first-order valence-corrected chi connectivity index (χ1v) is 25.0. The Kier molecular flexibility index (Phi) is 23.1. The van der Waals surface area contributed by atoms with Crippen molar-refractivity contribution >= 4 is 23.4 Å². The fourth-order valence-corrected chi connectivity index (χ4v) is 10.7. The van der Waals surface area contributed by atoms with E-state index >= 15 is 0 Å². The third-order valence-electron chi connectivity index (χ3n) is 14.9. The van der Waals surface area contributed by atoms with Crippen LogP contribution in [0.4, 0.5) is 0 Å². The molecule has 0 spiro atoms. The number of rotatable bonds is 9. The molecule has 3 N–H and O–H groups in total. The lowest BCUT2D eigenvalue weighted by Crippen LogP contribution is -2.61. The molecule has 14 heteroatoms. The van der Waals surface area contributed by atoms with Crippen molar-refractivity contribution in [2.75, 3.05) is 41.1 Å². The Morgan fingerprint density at radius 1 is 0.836 bits per heavy atom. The quantitative estimate of drug-likeness (QED) is 0.122. The normalized spacial score (nSPS) is 38.3. The van der Waals surface area contributed by atoms with E-state index < -0.39 is 65.7 Å². The lowest BCUT2D eigenvalue weighted by Gasteiger charge is -2.42. The largest absolute Gasteiger partial charge is 0.460 e. The Hall–Kier alpha value is -3.08. The Labute approximate surface area is 400 Å². The number of cyclic esters (lactones) is 1. The Morgan fingerprint density at radius 2 is 1.57 bits per heavy atom. The molecule has 0 aromatic carbocycles. The Balaban J connectivity index is 1.68. The molecule has 4 aliphatic rings. The van der Waals surface area contributed by atoms with Crippen LogP contribution in [0.25, 0.3) is 0 Å². The number of ether oxygens (including phenoxy) is 6. The van der Waals surface area contributed by atoms with Crippen molar-refractivity contribution in [3.05, 3.63) is 47.6 Å². The standard InChI is InChI=1S/C53H85NO13/c1-33-16-12-11-13-17-35(3)45(62-8)31-41-21-19-39(7)53(61,67-41)50(58)51(59)54-23-15-14-18-42(54)52(60)66-46(37(5)29-40-20-22-44(65-25-24-55)47(30-40)63-9)32-43(56)36(4)28-38(6)49(57)48(64-10)27-34(2)26-33/h11-13,16-17,28,33-34,36-37,39-42,44-49,55,57,61H,14-15,18-27,29-32H2,1-10H3/b13-11?,16-12+,35-17?,38-28+/t33-,34-,36-,37-,39-,40+,41+,42+,44-,45+,46+,47-,48+,49-,53-/m1/s1. The number of allylic oxidation sites excluding steroid dienone is 6. The lowest BCUT2D eigenvalue weighted by atomic mass is 9.78. The summed E-state index contributed by atoms with van der Waals surface area (Å²) in [6.07, 6.45) is 15.1. The van der Waals surface area contributed by atoms with Crippen LogP contribution in [-0.2, 0) is 47.6 Å². The number of Topliss-reactive ketones (excluding diaryl/α,β-unsaturated/α-hetero) is 2. The SMILES string of the molecule is CO[C@H]1C[C@@H]2CC[C@@H](C)[C@@](O)(O2)C(=O)C(=O)N2CCCC[C@H]2C(=O)O[C@H]([C@H](C)C[C@@H]2CC[C@@H](OCCO)[C@H](OC)C2)CC(=O)[C@H](C)/C=C(\C)[C@@H](O)[C@@H](OC)C[C@H](C)C[C@H](C)/C=C/C=CC=C1C. The van der Waals surface area contributed by atoms with Gasteiger partial charge in [0.1, 0.15) is 24.0 Å². The van der Waals surface area contributed by atoms with Crippen LogP contribution in [0.5, 0.6) is 0 Å². The van der Waals surface area contributed by atoms with Crippen LogP contribution in [0, 0.1) is 35.5 Å². The summed E-state index contributed by atoms with van der Waals surface area (Å²) < 4.78 is 35.9. The molecule has 0 radical (unpaired) electrons. The molecule has 2 bridgehead atoms. The second kappa shape index (κ2) is 27.3. The monoisotopic (exact) mass is 944 g/mol. The molecule has 14 nitrogen and oxygen atoms in total. The molecule has 0 aromatic heterocycles. The van der Waals surface area contributed by atoms with Gasteiger partial charge >= 0.3 is 5.97 Å². The molecule has 4 rings (SSSR count). The second-order valence-corrected chi connectivity index (χ2v) is 20.3. The van der Waals surface area contributed by atoms with Crippen molar-refractivity contribution in [3.63, 3.8) is 0 Å². The van der Waals surface area contributed by atoms with E-state index in [0.717, 1.165) is 24.8 Å². The van der Waals surface area contributed by atoms with E-state index in [2.05, 4.69) is 19.9 Å². The van der Waals surface area contributed by atoms with E-state index in [1.165, 1.54) is 4.90 Å². The highest BCUT2D eigenvalue weighted by molar-refractivity contribution is 6.39. The molecular formula is C53H85NO13. The van der Waals surface area contributed by atoms with Crippen LogP contribution in [0.2, 0.25) is 0 Å². The summed E-state index contributed by atoms with van der Waals surface area (Å²) in [7, 11) is 4.84. The molecule has 3 fully saturated rings. The molecule has 1 aliphatic carbocycles. The molecule has 15 atom stereocenters. The summed E-state index contributed by atoms with van der Waals surface area (Å²) in [6.45, 7) is 13.7. The summed E-state index contributed by atoms with van der Waals surface area (Å²) in [5.74, 6) is -6.38. The zero-order valence-electron chi connectivity index (χ0n) is 42.2. The van der Waals surface area contributed by atoms with Crippen LogP contribution >= 0.6 is 0 Å². The van der Waals surface area contributed by atoms with Crippen LogP contribution in [0.15, 0.2) is 47.6 Å². The molecule has 3 heterocycles. The van der Waals surface area contributed by atoms with Gasteiger partial charge in [0.25, 0.3) is 11.7 Å². The predicted octanol–water partition coefficient (Wildman–Crippen LogP) is 7.02. The second-order valence-electron chi connectivity index (χ2n) is 20.3. The topological polar surface area (TPSA) is 188 Å². The van der Waals surface area contributed by atoms with Gasteiger partial charge < -0.3 is 48.6 Å². The molecule has 3 aliphatic heterocycles. The number of carbonyl (C=O) groups excluding carboxylic acids is 4. The van der Waals surface area contributed by atoms with Gasteiger partial charge in [-0.2, -0.15) is 0 Å². The van der Waals surface area contributed by atoms with Crippen molar-refractivity contribution < 1.29 is 62.9 Å². The number of methoxy groups -OCH3 is 3. The fourth-order valence-electron chi connectivity index (χ4n) is 10.7. The maximum Gasteiger partial charge on any atom is 0.329 e.